The molecular formula is C17H25NO2. The molecule has 1 aromatic carbocycles. The van der Waals surface area contributed by atoms with Gasteiger partial charge in [0.15, 0.2) is 0 Å². The summed E-state index contributed by atoms with van der Waals surface area (Å²) in [7, 11) is 0. The smallest absolute Gasteiger partial charge is 0.224 e. The molecule has 1 aliphatic rings. The van der Waals surface area contributed by atoms with Gasteiger partial charge in [-0.05, 0) is 24.8 Å². The summed E-state index contributed by atoms with van der Waals surface area (Å²) in [5.41, 5.74) is 0.855. The molecule has 20 heavy (non-hydrogen) atoms. The highest BCUT2D eigenvalue weighted by Crippen LogP contribution is 2.29. The van der Waals surface area contributed by atoms with Crippen molar-refractivity contribution in [1.29, 1.82) is 0 Å². The molecule has 1 amide bonds. The van der Waals surface area contributed by atoms with Crippen LogP contribution in [0.2, 0.25) is 0 Å². The maximum Gasteiger partial charge on any atom is 0.224 e. The highest BCUT2D eigenvalue weighted by Gasteiger charge is 2.36. The van der Waals surface area contributed by atoms with Crippen LogP contribution in [0.1, 0.15) is 39.7 Å². The van der Waals surface area contributed by atoms with Crippen LogP contribution in [0.25, 0.3) is 0 Å². The topological polar surface area (TPSA) is 29.5 Å². The van der Waals surface area contributed by atoms with E-state index in [2.05, 4.69) is 39.8 Å². The van der Waals surface area contributed by atoms with Crippen LogP contribution in [-0.4, -0.2) is 36.1 Å². The summed E-state index contributed by atoms with van der Waals surface area (Å²) in [4.78, 5) is 14.6. The van der Waals surface area contributed by atoms with E-state index in [0.29, 0.717) is 26.2 Å². The molecule has 0 atom stereocenters. The first kappa shape index (κ1) is 15.0. The van der Waals surface area contributed by atoms with Crippen molar-refractivity contribution in [2.24, 2.45) is 0 Å². The second kappa shape index (κ2) is 5.57. The zero-order chi connectivity index (χ0) is 14.8. The van der Waals surface area contributed by atoms with Gasteiger partial charge in [0.05, 0.1) is 18.8 Å². The van der Waals surface area contributed by atoms with E-state index in [0.717, 1.165) is 0 Å². The number of ether oxygens (including phenoxy) is 1. The van der Waals surface area contributed by atoms with E-state index in [1.165, 1.54) is 5.56 Å². The summed E-state index contributed by atoms with van der Waals surface area (Å²) in [6.07, 6.45) is 0.528. The van der Waals surface area contributed by atoms with Gasteiger partial charge in [-0.1, -0.05) is 44.2 Å². The van der Waals surface area contributed by atoms with Gasteiger partial charge in [-0.15, -0.1) is 0 Å². The van der Waals surface area contributed by atoms with Gasteiger partial charge in [-0.3, -0.25) is 4.79 Å². The van der Waals surface area contributed by atoms with Crippen molar-refractivity contribution in [2.75, 3.05) is 19.8 Å². The maximum absolute atomic E-state index is 12.7. The highest BCUT2D eigenvalue weighted by atomic mass is 16.5. The van der Waals surface area contributed by atoms with Crippen LogP contribution in [-0.2, 0) is 14.9 Å². The molecule has 1 aromatic rings. The third-order valence-corrected chi connectivity index (χ3v) is 4.09. The van der Waals surface area contributed by atoms with Crippen LogP contribution < -0.4 is 0 Å². The molecule has 0 spiro atoms. The van der Waals surface area contributed by atoms with E-state index in [9.17, 15) is 4.79 Å². The zero-order valence-electron chi connectivity index (χ0n) is 13.0. The second-order valence-corrected chi connectivity index (χ2v) is 6.84. The predicted octanol–water partition coefficient (Wildman–Crippen LogP) is 2.99. The van der Waals surface area contributed by atoms with Crippen LogP contribution in [0.3, 0.4) is 0 Å². The number of morpholine rings is 1. The van der Waals surface area contributed by atoms with Crippen molar-refractivity contribution >= 4 is 5.91 Å². The van der Waals surface area contributed by atoms with Gasteiger partial charge in [0, 0.05) is 13.0 Å². The third kappa shape index (κ3) is 3.21. The van der Waals surface area contributed by atoms with Crippen molar-refractivity contribution in [2.45, 2.75) is 45.1 Å². The van der Waals surface area contributed by atoms with E-state index in [1.54, 1.807) is 0 Å². The molecule has 0 bridgehead atoms. The Labute approximate surface area is 121 Å². The monoisotopic (exact) mass is 275 g/mol. The molecule has 3 nitrogen and oxygen atoms in total. The molecule has 0 N–H and O–H groups in total. The normalized spacial score (nSPS) is 18.9. The molecule has 0 aromatic heterocycles. The zero-order valence-corrected chi connectivity index (χ0v) is 13.0. The quantitative estimate of drug-likeness (QED) is 0.848. The first-order valence-corrected chi connectivity index (χ1v) is 7.27. The van der Waals surface area contributed by atoms with Crippen molar-refractivity contribution < 1.29 is 9.53 Å². The summed E-state index contributed by atoms with van der Waals surface area (Å²) in [6.45, 7) is 10.3. The first-order valence-electron chi connectivity index (χ1n) is 7.27. The number of benzene rings is 1. The molecule has 1 heterocycles. The van der Waals surface area contributed by atoms with Crippen LogP contribution in [0, 0.1) is 0 Å². The molecule has 1 fully saturated rings. The summed E-state index contributed by atoms with van der Waals surface area (Å²) >= 11 is 0. The standard InChI is InChI=1S/C17H25NO2/c1-16(2,14-8-6-5-7-9-14)12-15(19)18-10-11-20-13-17(18,3)4/h5-9H,10-13H2,1-4H3. The molecule has 110 valence electrons. The number of amides is 1. The lowest BCUT2D eigenvalue weighted by Gasteiger charge is -2.43. The Balaban J connectivity index is 2.11. The van der Waals surface area contributed by atoms with Crippen LogP contribution >= 0.6 is 0 Å². The minimum atomic E-state index is -0.206. The van der Waals surface area contributed by atoms with E-state index < -0.39 is 0 Å². The SMILES string of the molecule is CC(C)(CC(=O)N1CCOCC1(C)C)c1ccccc1. The summed E-state index contributed by atoms with van der Waals surface area (Å²) < 4.78 is 5.49. The Kier molecular flexibility index (Phi) is 4.19. The van der Waals surface area contributed by atoms with Gasteiger partial charge in [0.25, 0.3) is 0 Å². The Morgan fingerprint density at radius 2 is 1.95 bits per heavy atom. The molecule has 0 unspecified atom stereocenters. The van der Waals surface area contributed by atoms with Gasteiger partial charge in [0.2, 0.25) is 5.91 Å². The first-order chi connectivity index (χ1) is 9.33. The molecule has 1 aliphatic heterocycles. The predicted molar refractivity (Wildman–Crippen MR) is 80.7 cm³/mol. The second-order valence-electron chi connectivity index (χ2n) is 6.84. The molecule has 1 saturated heterocycles. The van der Waals surface area contributed by atoms with Gasteiger partial charge >= 0.3 is 0 Å². The lowest BCUT2D eigenvalue weighted by Crippen LogP contribution is -2.56. The number of carbonyl (C=O) groups is 1. The summed E-state index contributed by atoms with van der Waals surface area (Å²) in [6, 6.07) is 10.3. The molecular weight excluding hydrogens is 250 g/mol. The number of rotatable bonds is 3. The third-order valence-electron chi connectivity index (χ3n) is 4.09. The van der Waals surface area contributed by atoms with Gasteiger partial charge in [0.1, 0.15) is 0 Å². The van der Waals surface area contributed by atoms with Gasteiger partial charge in [-0.2, -0.15) is 0 Å². The molecule has 3 heteroatoms. The van der Waals surface area contributed by atoms with E-state index in [1.807, 2.05) is 23.1 Å². The van der Waals surface area contributed by atoms with Crippen molar-refractivity contribution in [1.82, 2.24) is 4.90 Å². The number of carbonyl (C=O) groups excluding carboxylic acids is 1. The molecule has 0 saturated carbocycles. The van der Waals surface area contributed by atoms with E-state index in [-0.39, 0.29) is 16.9 Å². The largest absolute Gasteiger partial charge is 0.377 e. The minimum absolute atomic E-state index is 0.146. The van der Waals surface area contributed by atoms with Crippen molar-refractivity contribution in [3.05, 3.63) is 35.9 Å². The fourth-order valence-electron chi connectivity index (χ4n) is 2.79. The lowest BCUT2D eigenvalue weighted by molar-refractivity contribution is -0.147. The Morgan fingerprint density at radius 3 is 2.55 bits per heavy atom. The Morgan fingerprint density at radius 1 is 1.30 bits per heavy atom. The Bertz CT molecular complexity index is 465. The van der Waals surface area contributed by atoms with Gasteiger partial charge in [-0.25, -0.2) is 0 Å². The van der Waals surface area contributed by atoms with Crippen molar-refractivity contribution in [3.63, 3.8) is 0 Å². The maximum atomic E-state index is 12.7. The number of hydrogen-bond donors (Lipinski definition) is 0. The molecule has 2 rings (SSSR count). The van der Waals surface area contributed by atoms with Crippen LogP contribution in [0.4, 0.5) is 0 Å². The van der Waals surface area contributed by atoms with Crippen molar-refractivity contribution in [3.8, 4) is 0 Å². The minimum Gasteiger partial charge on any atom is -0.377 e. The summed E-state index contributed by atoms with van der Waals surface area (Å²) in [5.74, 6) is 0.215. The van der Waals surface area contributed by atoms with Crippen LogP contribution in [0.15, 0.2) is 30.3 Å². The van der Waals surface area contributed by atoms with Gasteiger partial charge < -0.3 is 9.64 Å². The highest BCUT2D eigenvalue weighted by molar-refractivity contribution is 5.78. The molecule has 0 aliphatic carbocycles. The van der Waals surface area contributed by atoms with E-state index >= 15 is 0 Å². The number of hydrogen-bond acceptors (Lipinski definition) is 2. The number of nitrogens with zero attached hydrogens (tertiary/aromatic N) is 1. The fraction of sp³-hybridized carbons (Fsp3) is 0.588. The summed E-state index contributed by atoms with van der Waals surface area (Å²) in [5, 5.41) is 0. The lowest BCUT2D eigenvalue weighted by atomic mass is 9.81. The average molecular weight is 275 g/mol. The fourth-order valence-corrected chi connectivity index (χ4v) is 2.79. The Hall–Kier alpha value is -1.35. The van der Waals surface area contributed by atoms with Crippen LogP contribution in [0.5, 0.6) is 0 Å². The molecule has 0 radical (unpaired) electrons. The average Bonchev–Trinajstić information content (AvgIpc) is 2.38. The van der Waals surface area contributed by atoms with E-state index in [4.69, 9.17) is 4.74 Å².